The van der Waals surface area contributed by atoms with E-state index in [0.29, 0.717) is 19.5 Å². The molecule has 0 bridgehead atoms. The number of hydrogen-bond donors (Lipinski definition) is 1. The number of carbonyl (C=O) groups excluding carboxylic acids is 1. The van der Waals surface area contributed by atoms with E-state index in [-0.39, 0.29) is 11.9 Å². The number of thiophene rings is 1. The quantitative estimate of drug-likeness (QED) is 0.880. The van der Waals surface area contributed by atoms with Gasteiger partial charge in [0.15, 0.2) is 0 Å². The third kappa shape index (κ3) is 2.06. The van der Waals surface area contributed by atoms with Crippen LogP contribution in [-0.2, 0) is 24.3 Å². The lowest BCUT2D eigenvalue weighted by Crippen LogP contribution is -2.26. The molecule has 0 aliphatic carbocycles. The van der Waals surface area contributed by atoms with Crippen LogP contribution in [0.25, 0.3) is 0 Å². The predicted octanol–water partition coefficient (Wildman–Crippen LogP) is 1.21. The molecule has 0 radical (unpaired) electrons. The minimum atomic E-state index is 0.116. The summed E-state index contributed by atoms with van der Waals surface area (Å²) in [5.74, 6) is 0.380. The summed E-state index contributed by atoms with van der Waals surface area (Å²) in [5.41, 5.74) is 8.45. The van der Waals surface area contributed by atoms with Crippen LogP contribution in [0.15, 0.2) is 23.0 Å². The van der Waals surface area contributed by atoms with Gasteiger partial charge in [-0.05, 0) is 22.4 Å². The van der Waals surface area contributed by atoms with E-state index in [9.17, 15) is 4.79 Å². The van der Waals surface area contributed by atoms with Gasteiger partial charge in [0.25, 0.3) is 0 Å². The molecule has 1 aliphatic heterocycles. The molecule has 0 saturated carbocycles. The fourth-order valence-electron chi connectivity index (χ4n) is 2.02. The summed E-state index contributed by atoms with van der Waals surface area (Å²) >= 11 is 1.60. The van der Waals surface area contributed by atoms with Crippen molar-refractivity contribution in [3.63, 3.8) is 0 Å². The van der Waals surface area contributed by atoms with Crippen LogP contribution < -0.4 is 5.73 Å². The van der Waals surface area contributed by atoms with Crippen molar-refractivity contribution in [2.24, 2.45) is 0 Å². The highest BCUT2D eigenvalue weighted by atomic mass is 32.1. The summed E-state index contributed by atoms with van der Waals surface area (Å²) < 4.78 is 0. The van der Waals surface area contributed by atoms with Crippen molar-refractivity contribution in [3.8, 4) is 0 Å². The molecule has 0 spiro atoms. The van der Waals surface area contributed by atoms with E-state index >= 15 is 0 Å². The molecular formula is C12H12N4OS. The summed E-state index contributed by atoms with van der Waals surface area (Å²) in [4.78, 5) is 22.0. The van der Waals surface area contributed by atoms with Crippen LogP contribution in [0.3, 0.4) is 0 Å². The maximum atomic E-state index is 12.1. The fraction of sp³-hybridized carbons (Fsp3) is 0.250. The molecule has 2 aromatic rings. The van der Waals surface area contributed by atoms with Crippen LogP contribution in [0.5, 0.6) is 0 Å². The van der Waals surface area contributed by atoms with Gasteiger partial charge in [0.2, 0.25) is 11.9 Å². The first-order chi connectivity index (χ1) is 8.72. The normalized spacial score (nSPS) is 13.7. The number of aromatic nitrogens is 2. The number of nitrogens with zero attached hydrogens (tertiary/aromatic N) is 3. The molecule has 5 nitrogen and oxygen atoms in total. The molecule has 6 heteroatoms. The Morgan fingerprint density at radius 3 is 3.17 bits per heavy atom. The van der Waals surface area contributed by atoms with Crippen molar-refractivity contribution in [3.05, 3.63) is 39.8 Å². The summed E-state index contributed by atoms with van der Waals surface area (Å²) in [6.45, 7) is 1.11. The maximum absolute atomic E-state index is 12.1. The Hall–Kier alpha value is -1.95. The number of carbonyl (C=O) groups is 1. The van der Waals surface area contributed by atoms with Crippen LogP contribution in [0, 0.1) is 0 Å². The van der Waals surface area contributed by atoms with E-state index in [1.807, 2.05) is 16.8 Å². The molecule has 0 fully saturated rings. The van der Waals surface area contributed by atoms with Crippen LogP contribution in [0.1, 0.15) is 16.8 Å². The predicted molar refractivity (Wildman–Crippen MR) is 68.7 cm³/mol. The maximum Gasteiger partial charge on any atom is 0.227 e. The van der Waals surface area contributed by atoms with E-state index in [1.54, 1.807) is 22.4 Å². The van der Waals surface area contributed by atoms with Gasteiger partial charge in [-0.3, -0.25) is 4.79 Å². The highest BCUT2D eigenvalue weighted by Gasteiger charge is 2.24. The zero-order valence-corrected chi connectivity index (χ0v) is 10.5. The van der Waals surface area contributed by atoms with E-state index in [4.69, 9.17) is 5.73 Å². The van der Waals surface area contributed by atoms with Gasteiger partial charge in [0, 0.05) is 18.3 Å². The van der Waals surface area contributed by atoms with E-state index in [0.717, 1.165) is 16.8 Å². The Balaban J connectivity index is 1.72. The lowest BCUT2D eigenvalue weighted by atomic mass is 10.2. The standard InChI is InChI=1S/C12H12N4OS/c13-12-14-4-9-5-16(6-10(9)15-12)11(17)3-8-1-2-18-7-8/h1-2,4,7H,3,5-6H2,(H2,13,14,15). The topological polar surface area (TPSA) is 72.1 Å². The molecule has 3 rings (SSSR count). The van der Waals surface area contributed by atoms with Crippen molar-refractivity contribution in [2.75, 3.05) is 5.73 Å². The number of amides is 1. The van der Waals surface area contributed by atoms with Gasteiger partial charge in [-0.25, -0.2) is 9.97 Å². The first kappa shape index (κ1) is 11.2. The summed E-state index contributed by atoms with van der Waals surface area (Å²) in [6.07, 6.45) is 2.15. The zero-order chi connectivity index (χ0) is 12.5. The van der Waals surface area contributed by atoms with Crippen LogP contribution in [0.4, 0.5) is 5.95 Å². The zero-order valence-electron chi connectivity index (χ0n) is 9.67. The van der Waals surface area contributed by atoms with Gasteiger partial charge in [0.1, 0.15) is 0 Å². The van der Waals surface area contributed by atoms with Crippen LogP contribution >= 0.6 is 11.3 Å². The molecule has 0 saturated heterocycles. The van der Waals surface area contributed by atoms with E-state index in [1.165, 1.54) is 0 Å². The number of nitrogens with two attached hydrogens (primary N) is 1. The summed E-state index contributed by atoms with van der Waals surface area (Å²) in [6, 6.07) is 1.98. The molecule has 1 aliphatic rings. The second-order valence-electron chi connectivity index (χ2n) is 4.26. The lowest BCUT2D eigenvalue weighted by Gasteiger charge is -2.14. The van der Waals surface area contributed by atoms with Gasteiger partial charge in [-0.1, -0.05) is 0 Å². The number of anilines is 1. The second kappa shape index (κ2) is 4.38. The van der Waals surface area contributed by atoms with E-state index < -0.39 is 0 Å². The minimum Gasteiger partial charge on any atom is -0.368 e. The largest absolute Gasteiger partial charge is 0.368 e. The second-order valence-corrected chi connectivity index (χ2v) is 5.04. The molecule has 0 unspecified atom stereocenters. The molecule has 92 valence electrons. The monoisotopic (exact) mass is 260 g/mol. The van der Waals surface area contributed by atoms with Gasteiger partial charge in [0.05, 0.1) is 18.7 Å². The van der Waals surface area contributed by atoms with Gasteiger partial charge >= 0.3 is 0 Å². The molecule has 0 atom stereocenters. The summed E-state index contributed by atoms with van der Waals surface area (Å²) in [7, 11) is 0. The molecule has 18 heavy (non-hydrogen) atoms. The van der Waals surface area contributed by atoms with Crippen molar-refractivity contribution in [1.29, 1.82) is 0 Å². The Morgan fingerprint density at radius 2 is 2.39 bits per heavy atom. The summed E-state index contributed by atoms with van der Waals surface area (Å²) in [5, 5.41) is 3.98. The van der Waals surface area contributed by atoms with E-state index in [2.05, 4.69) is 9.97 Å². The van der Waals surface area contributed by atoms with Crippen LogP contribution in [-0.4, -0.2) is 20.8 Å². The van der Waals surface area contributed by atoms with Crippen molar-refractivity contribution in [2.45, 2.75) is 19.5 Å². The number of fused-ring (bicyclic) bond motifs is 1. The Labute approximate surface area is 108 Å². The number of rotatable bonds is 2. The smallest absolute Gasteiger partial charge is 0.227 e. The molecule has 1 amide bonds. The molecule has 0 aromatic carbocycles. The third-order valence-corrected chi connectivity index (χ3v) is 3.69. The van der Waals surface area contributed by atoms with Crippen molar-refractivity contribution >= 4 is 23.2 Å². The Bertz CT molecular complexity index is 582. The molecular weight excluding hydrogens is 248 g/mol. The number of hydrogen-bond acceptors (Lipinski definition) is 5. The molecule has 2 N–H and O–H groups in total. The Kier molecular flexibility index (Phi) is 2.71. The Morgan fingerprint density at radius 1 is 1.50 bits per heavy atom. The van der Waals surface area contributed by atoms with Crippen molar-refractivity contribution in [1.82, 2.24) is 14.9 Å². The highest BCUT2D eigenvalue weighted by Crippen LogP contribution is 2.21. The fourth-order valence-corrected chi connectivity index (χ4v) is 2.69. The lowest BCUT2D eigenvalue weighted by molar-refractivity contribution is -0.131. The first-order valence-corrected chi connectivity index (χ1v) is 6.56. The number of nitrogen functional groups attached to an aromatic ring is 1. The third-order valence-electron chi connectivity index (χ3n) is 2.96. The average molecular weight is 260 g/mol. The van der Waals surface area contributed by atoms with Crippen LogP contribution in [0.2, 0.25) is 0 Å². The van der Waals surface area contributed by atoms with Gasteiger partial charge in [-0.15, -0.1) is 0 Å². The van der Waals surface area contributed by atoms with Gasteiger partial charge < -0.3 is 10.6 Å². The van der Waals surface area contributed by atoms with Gasteiger partial charge in [-0.2, -0.15) is 11.3 Å². The molecule has 2 aromatic heterocycles. The minimum absolute atomic E-state index is 0.116. The van der Waals surface area contributed by atoms with Crippen molar-refractivity contribution < 1.29 is 4.79 Å². The molecule has 3 heterocycles. The SMILES string of the molecule is Nc1ncc2c(n1)CN(C(=O)Cc1ccsc1)C2. The average Bonchev–Trinajstić information content (AvgIpc) is 2.96. The highest BCUT2D eigenvalue weighted by molar-refractivity contribution is 7.07. The first-order valence-electron chi connectivity index (χ1n) is 5.61.